The fraction of sp³-hybridized carbons (Fsp3) is 0.294. The van der Waals surface area contributed by atoms with Gasteiger partial charge in [-0.3, -0.25) is 4.79 Å². The molecule has 3 rings (SSSR count). The average Bonchev–Trinajstić information content (AvgIpc) is 2.54. The number of benzene rings is 1. The summed E-state index contributed by atoms with van der Waals surface area (Å²) in [5.74, 6) is 0.996. The summed E-state index contributed by atoms with van der Waals surface area (Å²) in [6, 6.07) is 9.42. The summed E-state index contributed by atoms with van der Waals surface area (Å²) < 4.78 is 10.7. The summed E-state index contributed by atoms with van der Waals surface area (Å²) in [5, 5.41) is 9.44. The molecule has 2 N–H and O–H groups in total. The van der Waals surface area contributed by atoms with Crippen LogP contribution in [0.4, 0.5) is 0 Å². The summed E-state index contributed by atoms with van der Waals surface area (Å²) in [6.07, 6.45) is 1.91. The standard InChI is InChI=1S/C17H16N2O3/c1-21-11-7-5-10(6-8-11)15-12(9-18)17(19)22-14-4-2-3-13(20)16(14)15/h5-8,15H,2-4,19H2,1H3. The van der Waals surface area contributed by atoms with E-state index in [9.17, 15) is 10.1 Å². The number of hydrogen-bond donors (Lipinski definition) is 1. The molecule has 112 valence electrons. The first-order valence-electron chi connectivity index (χ1n) is 7.13. The van der Waals surface area contributed by atoms with Gasteiger partial charge in [-0.25, -0.2) is 0 Å². The molecule has 0 aromatic heterocycles. The van der Waals surface area contributed by atoms with Crippen molar-refractivity contribution in [1.29, 1.82) is 5.26 Å². The van der Waals surface area contributed by atoms with Gasteiger partial charge in [0.1, 0.15) is 23.2 Å². The van der Waals surface area contributed by atoms with Crippen LogP contribution in [0, 0.1) is 11.3 Å². The van der Waals surface area contributed by atoms with E-state index >= 15 is 0 Å². The zero-order valence-corrected chi connectivity index (χ0v) is 12.3. The van der Waals surface area contributed by atoms with Crippen LogP contribution in [-0.2, 0) is 9.53 Å². The number of nitrogens with zero attached hydrogens (tertiary/aromatic N) is 1. The quantitative estimate of drug-likeness (QED) is 0.906. The fourth-order valence-electron chi connectivity index (χ4n) is 2.99. The minimum atomic E-state index is -0.451. The second-order valence-electron chi connectivity index (χ2n) is 5.31. The Morgan fingerprint density at radius 3 is 2.68 bits per heavy atom. The maximum atomic E-state index is 12.4. The van der Waals surface area contributed by atoms with E-state index in [-0.39, 0.29) is 11.7 Å². The zero-order chi connectivity index (χ0) is 15.7. The molecule has 0 saturated carbocycles. The van der Waals surface area contributed by atoms with Crippen molar-refractivity contribution in [2.45, 2.75) is 25.2 Å². The molecule has 1 aliphatic heterocycles. The van der Waals surface area contributed by atoms with Crippen molar-refractivity contribution in [3.63, 3.8) is 0 Å². The number of carbonyl (C=O) groups excluding carboxylic acids is 1. The van der Waals surface area contributed by atoms with Gasteiger partial charge in [-0.05, 0) is 24.1 Å². The van der Waals surface area contributed by atoms with E-state index in [1.807, 2.05) is 24.3 Å². The molecule has 0 saturated heterocycles. The maximum Gasteiger partial charge on any atom is 0.205 e. The van der Waals surface area contributed by atoms with E-state index in [0.717, 1.165) is 17.7 Å². The van der Waals surface area contributed by atoms with Gasteiger partial charge in [-0.15, -0.1) is 0 Å². The van der Waals surface area contributed by atoms with E-state index in [1.165, 1.54) is 0 Å². The highest BCUT2D eigenvalue weighted by Crippen LogP contribution is 2.43. The molecule has 0 radical (unpaired) electrons. The van der Waals surface area contributed by atoms with Gasteiger partial charge in [0.2, 0.25) is 5.88 Å². The Morgan fingerprint density at radius 2 is 2.05 bits per heavy atom. The highest BCUT2D eigenvalue weighted by atomic mass is 16.5. The minimum absolute atomic E-state index is 0.0299. The third kappa shape index (κ3) is 2.23. The van der Waals surface area contributed by atoms with Crippen LogP contribution < -0.4 is 10.5 Å². The number of nitrogens with two attached hydrogens (primary N) is 1. The summed E-state index contributed by atoms with van der Waals surface area (Å²) in [5.41, 5.74) is 7.59. The van der Waals surface area contributed by atoms with Crippen LogP contribution in [0.25, 0.3) is 0 Å². The lowest BCUT2D eigenvalue weighted by Crippen LogP contribution is -2.27. The SMILES string of the molecule is COc1ccc(C2C(C#N)=C(N)OC3=C2C(=O)CCC3)cc1. The number of nitriles is 1. The maximum absolute atomic E-state index is 12.4. The number of methoxy groups -OCH3 is 1. The van der Waals surface area contributed by atoms with Crippen LogP contribution in [0.5, 0.6) is 5.75 Å². The molecular weight excluding hydrogens is 280 g/mol. The molecular formula is C17H16N2O3. The van der Waals surface area contributed by atoms with Crippen molar-refractivity contribution < 1.29 is 14.3 Å². The van der Waals surface area contributed by atoms with Gasteiger partial charge >= 0.3 is 0 Å². The van der Waals surface area contributed by atoms with E-state index in [4.69, 9.17) is 15.2 Å². The van der Waals surface area contributed by atoms with Crippen LogP contribution in [0.1, 0.15) is 30.7 Å². The van der Waals surface area contributed by atoms with Crippen LogP contribution >= 0.6 is 0 Å². The highest BCUT2D eigenvalue weighted by Gasteiger charge is 2.37. The lowest BCUT2D eigenvalue weighted by Gasteiger charge is -2.31. The third-order valence-electron chi connectivity index (χ3n) is 4.05. The zero-order valence-electron chi connectivity index (χ0n) is 12.3. The van der Waals surface area contributed by atoms with Gasteiger partial charge in [-0.1, -0.05) is 12.1 Å². The molecule has 0 amide bonds. The number of allylic oxidation sites excluding steroid dienone is 3. The number of Topliss-reactive ketones (excluding diaryl/α,β-unsaturated/α-hetero) is 1. The predicted octanol–water partition coefficient (Wildman–Crippen LogP) is 2.51. The molecule has 0 fully saturated rings. The van der Waals surface area contributed by atoms with Crippen LogP contribution in [0.3, 0.4) is 0 Å². The molecule has 1 aromatic rings. The number of ketones is 1. The van der Waals surface area contributed by atoms with E-state index in [0.29, 0.717) is 29.7 Å². The fourth-order valence-corrected chi connectivity index (χ4v) is 2.99. The molecule has 1 atom stereocenters. The first-order chi connectivity index (χ1) is 10.7. The van der Waals surface area contributed by atoms with Gasteiger partial charge in [0.15, 0.2) is 5.78 Å². The van der Waals surface area contributed by atoms with Crippen LogP contribution in [0.15, 0.2) is 47.1 Å². The summed E-state index contributed by atoms with van der Waals surface area (Å²) in [7, 11) is 1.59. The lowest BCUT2D eigenvalue weighted by atomic mass is 9.77. The molecule has 2 aliphatic rings. The Morgan fingerprint density at radius 1 is 1.32 bits per heavy atom. The molecule has 1 aromatic carbocycles. The first kappa shape index (κ1) is 14.2. The topological polar surface area (TPSA) is 85.3 Å². The summed E-state index contributed by atoms with van der Waals surface area (Å²) in [6.45, 7) is 0. The Bertz CT molecular complexity index is 723. The molecule has 0 bridgehead atoms. The largest absolute Gasteiger partial charge is 0.497 e. The van der Waals surface area contributed by atoms with Crippen LogP contribution in [0.2, 0.25) is 0 Å². The van der Waals surface area contributed by atoms with Gasteiger partial charge < -0.3 is 15.2 Å². The Kier molecular flexibility index (Phi) is 3.60. The van der Waals surface area contributed by atoms with E-state index in [1.54, 1.807) is 7.11 Å². The Hall–Kier alpha value is -2.74. The minimum Gasteiger partial charge on any atom is -0.497 e. The lowest BCUT2D eigenvalue weighted by molar-refractivity contribution is -0.116. The summed E-state index contributed by atoms with van der Waals surface area (Å²) in [4.78, 5) is 12.4. The van der Waals surface area contributed by atoms with Gasteiger partial charge in [0, 0.05) is 18.4 Å². The number of hydrogen-bond acceptors (Lipinski definition) is 5. The number of rotatable bonds is 2. The second kappa shape index (κ2) is 5.57. The Labute approximate surface area is 128 Å². The molecule has 1 aliphatic carbocycles. The monoisotopic (exact) mass is 296 g/mol. The first-order valence-corrected chi connectivity index (χ1v) is 7.13. The molecule has 5 nitrogen and oxygen atoms in total. The molecule has 1 heterocycles. The van der Waals surface area contributed by atoms with Crippen molar-refractivity contribution in [1.82, 2.24) is 0 Å². The molecule has 0 spiro atoms. The van der Waals surface area contributed by atoms with Crippen molar-refractivity contribution in [3.05, 3.63) is 52.6 Å². The number of ether oxygens (including phenoxy) is 2. The van der Waals surface area contributed by atoms with E-state index < -0.39 is 5.92 Å². The summed E-state index contributed by atoms with van der Waals surface area (Å²) >= 11 is 0. The molecule has 1 unspecified atom stereocenters. The smallest absolute Gasteiger partial charge is 0.205 e. The predicted molar refractivity (Wildman–Crippen MR) is 79.5 cm³/mol. The van der Waals surface area contributed by atoms with Crippen molar-refractivity contribution in [2.75, 3.05) is 7.11 Å². The van der Waals surface area contributed by atoms with Crippen molar-refractivity contribution in [3.8, 4) is 11.8 Å². The average molecular weight is 296 g/mol. The van der Waals surface area contributed by atoms with Gasteiger partial charge in [0.05, 0.1) is 13.0 Å². The molecule has 5 heteroatoms. The van der Waals surface area contributed by atoms with Gasteiger partial charge in [0.25, 0.3) is 0 Å². The van der Waals surface area contributed by atoms with Crippen molar-refractivity contribution >= 4 is 5.78 Å². The van der Waals surface area contributed by atoms with E-state index in [2.05, 4.69) is 6.07 Å². The molecule has 22 heavy (non-hydrogen) atoms. The second-order valence-corrected chi connectivity index (χ2v) is 5.31. The Balaban J connectivity index is 2.13. The third-order valence-corrected chi connectivity index (χ3v) is 4.05. The van der Waals surface area contributed by atoms with Crippen LogP contribution in [-0.4, -0.2) is 12.9 Å². The normalized spacial score (nSPS) is 21.1. The highest BCUT2D eigenvalue weighted by molar-refractivity contribution is 5.99. The van der Waals surface area contributed by atoms with Gasteiger partial charge in [-0.2, -0.15) is 5.26 Å². The van der Waals surface area contributed by atoms with Crippen molar-refractivity contribution in [2.24, 2.45) is 5.73 Å². The number of carbonyl (C=O) groups is 1.